The van der Waals surface area contributed by atoms with Gasteiger partial charge in [-0.25, -0.2) is 4.68 Å². The van der Waals surface area contributed by atoms with Crippen LogP contribution in [0.3, 0.4) is 0 Å². The molecule has 1 aliphatic carbocycles. The van der Waals surface area contributed by atoms with Crippen molar-refractivity contribution in [1.82, 2.24) is 30.4 Å². The molecular formula is C12H18N6O2S. The van der Waals surface area contributed by atoms with Gasteiger partial charge in [-0.2, -0.15) is 0 Å². The number of amides is 2. The van der Waals surface area contributed by atoms with Crippen LogP contribution < -0.4 is 5.32 Å². The van der Waals surface area contributed by atoms with Crippen LogP contribution in [0.15, 0.2) is 5.16 Å². The van der Waals surface area contributed by atoms with Crippen LogP contribution in [0.1, 0.15) is 32.7 Å². The molecule has 2 aliphatic rings. The molecule has 2 fully saturated rings. The molecule has 1 aliphatic heterocycles. The number of hydrogen-bond donors (Lipinski definition) is 1. The standard InChI is InChI=1S/C12H18N6O2S/c1-12(2)10(20)13-5-6-17(12)9(19)7-21-11-14-15-16-18(11)8-3-4-8/h8H,3-7H2,1-2H3,(H,13,20). The summed E-state index contributed by atoms with van der Waals surface area (Å²) >= 11 is 1.33. The van der Waals surface area contributed by atoms with Gasteiger partial charge in [-0.05, 0) is 37.1 Å². The van der Waals surface area contributed by atoms with Gasteiger partial charge in [-0.3, -0.25) is 9.59 Å². The normalized spacial score (nSPS) is 21.2. The average molecular weight is 310 g/mol. The first-order chi connectivity index (χ1) is 10.00. The largest absolute Gasteiger partial charge is 0.352 e. The van der Waals surface area contributed by atoms with E-state index < -0.39 is 5.54 Å². The van der Waals surface area contributed by atoms with Crippen molar-refractivity contribution in [3.8, 4) is 0 Å². The lowest BCUT2D eigenvalue weighted by Crippen LogP contribution is -2.63. The minimum atomic E-state index is -0.807. The minimum Gasteiger partial charge on any atom is -0.352 e. The van der Waals surface area contributed by atoms with Crippen LogP contribution in [0.4, 0.5) is 0 Å². The van der Waals surface area contributed by atoms with Crippen LogP contribution in [0.25, 0.3) is 0 Å². The molecule has 1 N–H and O–H groups in total. The van der Waals surface area contributed by atoms with Gasteiger partial charge in [0.15, 0.2) is 0 Å². The Hall–Kier alpha value is -1.64. The Labute approximate surface area is 126 Å². The molecule has 8 nitrogen and oxygen atoms in total. The Kier molecular flexibility index (Phi) is 3.60. The molecule has 0 bridgehead atoms. The van der Waals surface area contributed by atoms with Crippen molar-refractivity contribution in [2.45, 2.75) is 43.4 Å². The molecule has 21 heavy (non-hydrogen) atoms. The van der Waals surface area contributed by atoms with Crippen molar-refractivity contribution in [1.29, 1.82) is 0 Å². The van der Waals surface area contributed by atoms with Gasteiger partial charge in [-0.15, -0.1) is 5.10 Å². The highest BCUT2D eigenvalue weighted by atomic mass is 32.2. The first-order valence-corrected chi connectivity index (χ1v) is 7.98. The van der Waals surface area contributed by atoms with Crippen LogP contribution in [0.2, 0.25) is 0 Å². The number of nitrogens with one attached hydrogen (secondary N) is 1. The van der Waals surface area contributed by atoms with Crippen molar-refractivity contribution in [3.05, 3.63) is 0 Å². The molecule has 3 rings (SSSR count). The van der Waals surface area contributed by atoms with E-state index in [1.807, 2.05) is 0 Å². The van der Waals surface area contributed by atoms with Gasteiger partial charge in [0, 0.05) is 13.1 Å². The highest BCUT2D eigenvalue weighted by Gasteiger charge is 2.40. The zero-order valence-corrected chi connectivity index (χ0v) is 12.9. The number of carbonyl (C=O) groups is 2. The first-order valence-electron chi connectivity index (χ1n) is 6.99. The SMILES string of the molecule is CC1(C)C(=O)NCCN1C(=O)CSc1nnnn1C1CC1. The maximum atomic E-state index is 12.4. The fraction of sp³-hybridized carbons (Fsp3) is 0.750. The van der Waals surface area contributed by atoms with Crippen LogP contribution in [0.5, 0.6) is 0 Å². The summed E-state index contributed by atoms with van der Waals surface area (Å²) in [6.07, 6.45) is 2.18. The third-order valence-corrected chi connectivity index (χ3v) is 4.75. The first kappa shape index (κ1) is 14.3. The molecule has 1 aromatic rings. The zero-order chi connectivity index (χ0) is 15.0. The number of thioether (sulfide) groups is 1. The smallest absolute Gasteiger partial charge is 0.245 e. The molecule has 1 saturated heterocycles. The molecule has 2 amide bonds. The lowest BCUT2D eigenvalue weighted by atomic mass is 9.99. The van der Waals surface area contributed by atoms with E-state index in [4.69, 9.17) is 0 Å². The number of piperazine rings is 1. The molecular weight excluding hydrogens is 292 g/mol. The van der Waals surface area contributed by atoms with Gasteiger partial charge in [0.25, 0.3) is 0 Å². The maximum absolute atomic E-state index is 12.4. The fourth-order valence-electron chi connectivity index (χ4n) is 2.37. The molecule has 0 atom stereocenters. The monoisotopic (exact) mass is 310 g/mol. The third kappa shape index (κ3) is 2.74. The molecule has 2 heterocycles. The molecule has 0 aromatic carbocycles. The van der Waals surface area contributed by atoms with Crippen molar-refractivity contribution in [2.75, 3.05) is 18.8 Å². The molecule has 114 valence electrons. The van der Waals surface area contributed by atoms with Gasteiger partial charge < -0.3 is 10.2 Å². The second kappa shape index (κ2) is 5.28. The Morgan fingerprint density at radius 3 is 2.95 bits per heavy atom. The van der Waals surface area contributed by atoms with E-state index in [0.29, 0.717) is 24.3 Å². The molecule has 0 spiro atoms. The summed E-state index contributed by atoms with van der Waals surface area (Å²) in [6, 6.07) is 0.384. The van der Waals surface area contributed by atoms with Crippen molar-refractivity contribution in [3.63, 3.8) is 0 Å². The van der Waals surface area contributed by atoms with Gasteiger partial charge in [0.2, 0.25) is 17.0 Å². The van der Waals surface area contributed by atoms with Crippen molar-refractivity contribution in [2.24, 2.45) is 0 Å². The van der Waals surface area contributed by atoms with Gasteiger partial charge in [-0.1, -0.05) is 11.8 Å². The summed E-state index contributed by atoms with van der Waals surface area (Å²) < 4.78 is 1.78. The topological polar surface area (TPSA) is 93.0 Å². The fourth-order valence-corrected chi connectivity index (χ4v) is 3.19. The lowest BCUT2D eigenvalue weighted by Gasteiger charge is -2.41. The lowest BCUT2D eigenvalue weighted by molar-refractivity contribution is -0.147. The third-order valence-electron chi connectivity index (χ3n) is 3.83. The van der Waals surface area contributed by atoms with E-state index in [1.54, 1.807) is 23.4 Å². The van der Waals surface area contributed by atoms with E-state index in [-0.39, 0.29) is 17.6 Å². The molecule has 0 unspecified atom stereocenters. The number of carbonyl (C=O) groups excluding carboxylic acids is 2. The molecule has 1 saturated carbocycles. The summed E-state index contributed by atoms with van der Waals surface area (Å²) in [4.78, 5) is 25.9. The quantitative estimate of drug-likeness (QED) is 0.777. The Balaban J connectivity index is 1.63. The Morgan fingerprint density at radius 2 is 2.24 bits per heavy atom. The molecule has 0 radical (unpaired) electrons. The summed E-state index contributed by atoms with van der Waals surface area (Å²) in [7, 11) is 0. The summed E-state index contributed by atoms with van der Waals surface area (Å²) in [6.45, 7) is 4.56. The average Bonchev–Trinajstić information content (AvgIpc) is 3.18. The second-order valence-electron chi connectivity index (χ2n) is 5.79. The maximum Gasteiger partial charge on any atom is 0.245 e. The summed E-state index contributed by atoms with van der Waals surface area (Å²) in [5, 5.41) is 15.0. The van der Waals surface area contributed by atoms with E-state index in [1.165, 1.54) is 11.8 Å². The van der Waals surface area contributed by atoms with E-state index in [0.717, 1.165) is 12.8 Å². The molecule has 1 aromatic heterocycles. The minimum absolute atomic E-state index is 0.0646. The number of tetrazole rings is 1. The highest BCUT2D eigenvalue weighted by molar-refractivity contribution is 7.99. The van der Waals surface area contributed by atoms with Gasteiger partial charge in [0.05, 0.1) is 11.8 Å². The predicted octanol–water partition coefficient (Wildman–Crippen LogP) is -0.163. The molecule has 9 heteroatoms. The number of nitrogens with zero attached hydrogens (tertiary/aromatic N) is 5. The number of rotatable bonds is 4. The zero-order valence-electron chi connectivity index (χ0n) is 12.1. The van der Waals surface area contributed by atoms with E-state index in [2.05, 4.69) is 20.8 Å². The van der Waals surface area contributed by atoms with Crippen LogP contribution in [0, 0.1) is 0 Å². The Morgan fingerprint density at radius 1 is 1.48 bits per heavy atom. The van der Waals surface area contributed by atoms with Gasteiger partial charge >= 0.3 is 0 Å². The van der Waals surface area contributed by atoms with Gasteiger partial charge in [0.1, 0.15) is 5.54 Å². The summed E-state index contributed by atoms with van der Waals surface area (Å²) in [5.74, 6) is 0.0594. The summed E-state index contributed by atoms with van der Waals surface area (Å²) in [5.41, 5.74) is -0.807. The van der Waals surface area contributed by atoms with Crippen molar-refractivity contribution >= 4 is 23.6 Å². The van der Waals surface area contributed by atoms with Crippen LogP contribution >= 0.6 is 11.8 Å². The number of hydrogen-bond acceptors (Lipinski definition) is 6. The van der Waals surface area contributed by atoms with Crippen molar-refractivity contribution < 1.29 is 9.59 Å². The highest BCUT2D eigenvalue weighted by Crippen LogP contribution is 2.36. The van der Waals surface area contributed by atoms with Crippen LogP contribution in [-0.4, -0.2) is 61.3 Å². The number of aromatic nitrogens is 4. The Bertz CT molecular complexity index is 568. The second-order valence-corrected chi connectivity index (χ2v) is 6.73. The van der Waals surface area contributed by atoms with E-state index >= 15 is 0 Å². The van der Waals surface area contributed by atoms with E-state index in [9.17, 15) is 9.59 Å². The predicted molar refractivity (Wildman–Crippen MR) is 75.6 cm³/mol. The van der Waals surface area contributed by atoms with Crippen LogP contribution in [-0.2, 0) is 9.59 Å².